The molecule has 0 aliphatic carbocycles. The first-order valence-electron chi connectivity index (χ1n) is 2.17. The molecular formula is C4H6NO3S-. The van der Waals surface area contributed by atoms with Crippen LogP contribution >= 0.6 is 0 Å². The summed E-state index contributed by atoms with van der Waals surface area (Å²) in [6.07, 6.45) is 5.23. The van der Waals surface area contributed by atoms with Gasteiger partial charge in [-0.1, -0.05) is 0 Å². The van der Waals surface area contributed by atoms with Gasteiger partial charge >= 0.3 is 0 Å². The summed E-state index contributed by atoms with van der Waals surface area (Å²) < 4.78 is 19.3. The van der Waals surface area contributed by atoms with Gasteiger partial charge in [0.05, 0.1) is 6.61 Å². The Morgan fingerprint density at radius 2 is 2.56 bits per heavy atom. The molecule has 1 N–H and O–H groups in total. The van der Waals surface area contributed by atoms with E-state index in [1.165, 1.54) is 0 Å². The molecule has 0 radical (unpaired) electrons. The molecule has 1 unspecified atom stereocenters. The molecular weight excluding hydrogens is 142 g/mol. The van der Waals surface area contributed by atoms with Crippen molar-refractivity contribution in [3.05, 3.63) is 0 Å². The SMILES string of the molecule is C#CCCONS(=O)[O-]. The second-order valence-electron chi connectivity index (χ2n) is 1.12. The lowest BCUT2D eigenvalue weighted by molar-refractivity contribution is 0.0966. The number of rotatable bonds is 4. The lowest BCUT2D eigenvalue weighted by atomic mass is 10.5. The van der Waals surface area contributed by atoms with Crippen molar-refractivity contribution in [1.82, 2.24) is 4.89 Å². The second kappa shape index (κ2) is 5.72. The van der Waals surface area contributed by atoms with Gasteiger partial charge in [0.1, 0.15) is 0 Å². The van der Waals surface area contributed by atoms with Crippen LogP contribution in [0.4, 0.5) is 0 Å². The molecule has 0 fully saturated rings. The Kier molecular flexibility index (Phi) is 5.46. The molecule has 0 aromatic carbocycles. The Morgan fingerprint density at radius 1 is 1.89 bits per heavy atom. The molecule has 9 heavy (non-hydrogen) atoms. The van der Waals surface area contributed by atoms with Crippen molar-refractivity contribution in [2.24, 2.45) is 0 Å². The third kappa shape index (κ3) is 7.59. The first-order chi connectivity index (χ1) is 4.27. The van der Waals surface area contributed by atoms with Crippen LogP contribution in [0.25, 0.3) is 0 Å². The topological polar surface area (TPSA) is 61.4 Å². The molecule has 0 aliphatic rings. The largest absolute Gasteiger partial charge is 0.758 e. The fourth-order valence-corrected chi connectivity index (χ4v) is 0.379. The number of hydrogen-bond donors (Lipinski definition) is 1. The minimum Gasteiger partial charge on any atom is -0.758 e. The van der Waals surface area contributed by atoms with E-state index in [4.69, 9.17) is 6.42 Å². The van der Waals surface area contributed by atoms with Crippen molar-refractivity contribution < 1.29 is 13.6 Å². The van der Waals surface area contributed by atoms with Crippen LogP contribution in [0.2, 0.25) is 0 Å². The molecule has 1 atom stereocenters. The van der Waals surface area contributed by atoms with Gasteiger partial charge in [0.15, 0.2) is 0 Å². The minimum absolute atomic E-state index is 0.199. The van der Waals surface area contributed by atoms with Crippen LogP contribution in [0.15, 0.2) is 0 Å². The highest BCUT2D eigenvalue weighted by Gasteiger charge is 1.81. The molecule has 0 aromatic rings. The zero-order chi connectivity index (χ0) is 7.11. The maximum absolute atomic E-state index is 9.67. The molecule has 5 heteroatoms. The lowest BCUT2D eigenvalue weighted by Gasteiger charge is -2.04. The van der Waals surface area contributed by atoms with Crippen molar-refractivity contribution in [2.45, 2.75) is 6.42 Å². The number of hydrogen-bond acceptors (Lipinski definition) is 3. The fraction of sp³-hybridized carbons (Fsp3) is 0.500. The van der Waals surface area contributed by atoms with E-state index in [1.807, 2.05) is 0 Å². The van der Waals surface area contributed by atoms with Crippen LogP contribution in [-0.2, 0) is 16.1 Å². The average molecular weight is 148 g/mol. The van der Waals surface area contributed by atoms with Crippen molar-refractivity contribution in [3.8, 4) is 12.3 Å². The number of nitrogens with one attached hydrogen (secondary N) is 1. The average Bonchev–Trinajstić information content (AvgIpc) is 1.80. The summed E-state index contributed by atoms with van der Waals surface area (Å²) in [6.45, 7) is 0.199. The highest BCUT2D eigenvalue weighted by atomic mass is 32.2. The van der Waals surface area contributed by atoms with Gasteiger partial charge in [-0.2, -0.15) is 0 Å². The van der Waals surface area contributed by atoms with Gasteiger partial charge in [0, 0.05) is 17.7 Å². The summed E-state index contributed by atoms with van der Waals surface area (Å²) in [5.74, 6) is 2.28. The Morgan fingerprint density at radius 3 is 3.00 bits per heavy atom. The maximum atomic E-state index is 9.67. The van der Waals surface area contributed by atoms with Crippen molar-refractivity contribution >= 4 is 11.3 Å². The predicted molar refractivity (Wildman–Crippen MR) is 31.5 cm³/mol. The Hall–Kier alpha value is -0.410. The van der Waals surface area contributed by atoms with Crippen LogP contribution in [0.5, 0.6) is 0 Å². The third-order valence-corrected chi connectivity index (χ3v) is 0.729. The van der Waals surface area contributed by atoms with E-state index in [0.717, 1.165) is 0 Å². The van der Waals surface area contributed by atoms with Gasteiger partial charge in [0.2, 0.25) is 0 Å². The highest BCUT2D eigenvalue weighted by molar-refractivity contribution is 7.76. The highest BCUT2D eigenvalue weighted by Crippen LogP contribution is 1.74. The van der Waals surface area contributed by atoms with Crippen molar-refractivity contribution in [2.75, 3.05) is 6.61 Å². The summed E-state index contributed by atoms with van der Waals surface area (Å²) >= 11 is -2.36. The predicted octanol–water partition coefficient (Wildman–Crippen LogP) is -0.675. The van der Waals surface area contributed by atoms with E-state index < -0.39 is 11.3 Å². The lowest BCUT2D eigenvalue weighted by Crippen LogP contribution is -2.17. The Labute approximate surface area is 56.0 Å². The third-order valence-electron chi connectivity index (χ3n) is 0.475. The first-order valence-corrected chi connectivity index (χ1v) is 3.25. The smallest absolute Gasteiger partial charge is 0.0802 e. The van der Waals surface area contributed by atoms with E-state index in [-0.39, 0.29) is 6.61 Å². The van der Waals surface area contributed by atoms with Crippen LogP contribution in [0.3, 0.4) is 0 Å². The molecule has 0 amide bonds. The maximum Gasteiger partial charge on any atom is 0.0802 e. The molecule has 0 saturated carbocycles. The summed E-state index contributed by atoms with van der Waals surface area (Å²) in [7, 11) is 0. The summed E-state index contributed by atoms with van der Waals surface area (Å²) in [4.78, 5) is 6.03. The van der Waals surface area contributed by atoms with Crippen LogP contribution < -0.4 is 4.89 Å². The molecule has 52 valence electrons. The summed E-state index contributed by atoms with van der Waals surface area (Å²) in [5.41, 5.74) is 0. The van der Waals surface area contributed by atoms with Crippen LogP contribution in [0, 0.1) is 12.3 Å². The van der Waals surface area contributed by atoms with E-state index >= 15 is 0 Å². The molecule has 0 aliphatic heterocycles. The molecule has 0 spiro atoms. The molecule has 0 rings (SSSR count). The zero-order valence-corrected chi connectivity index (χ0v) is 5.44. The quantitative estimate of drug-likeness (QED) is 0.249. The summed E-state index contributed by atoms with van der Waals surface area (Å²) in [5, 5.41) is 0. The van der Waals surface area contributed by atoms with Gasteiger partial charge in [-0.15, -0.1) is 17.2 Å². The Balaban J connectivity index is 2.94. The normalized spacial score (nSPS) is 12.4. The minimum atomic E-state index is -2.36. The van der Waals surface area contributed by atoms with Crippen LogP contribution in [0.1, 0.15) is 6.42 Å². The van der Waals surface area contributed by atoms with Gasteiger partial charge < -0.3 is 4.55 Å². The molecule has 4 nitrogen and oxygen atoms in total. The summed E-state index contributed by atoms with van der Waals surface area (Å²) in [6, 6.07) is 0. The van der Waals surface area contributed by atoms with Gasteiger partial charge in [-0.3, -0.25) is 9.05 Å². The first kappa shape index (κ1) is 8.59. The zero-order valence-electron chi connectivity index (χ0n) is 4.62. The van der Waals surface area contributed by atoms with Gasteiger partial charge in [0.25, 0.3) is 0 Å². The molecule has 0 aromatic heterocycles. The standard InChI is InChI=1S/C4H7NO3S/c1-2-3-4-8-5-9(6)7/h1,5H,3-4H2,(H,6,7)/p-1. The Bertz CT molecular complexity index is 130. The second-order valence-corrected chi connectivity index (χ2v) is 1.76. The van der Waals surface area contributed by atoms with Gasteiger partial charge in [-0.25, -0.2) is 0 Å². The van der Waals surface area contributed by atoms with E-state index in [9.17, 15) is 8.76 Å². The molecule has 0 bridgehead atoms. The van der Waals surface area contributed by atoms with E-state index in [2.05, 4.69) is 10.8 Å². The van der Waals surface area contributed by atoms with Crippen LogP contribution in [-0.4, -0.2) is 15.4 Å². The van der Waals surface area contributed by atoms with E-state index in [0.29, 0.717) is 6.42 Å². The van der Waals surface area contributed by atoms with Gasteiger partial charge in [-0.05, 0) is 0 Å². The fourth-order valence-electron chi connectivity index (χ4n) is 0.200. The monoisotopic (exact) mass is 148 g/mol. The van der Waals surface area contributed by atoms with E-state index in [1.54, 1.807) is 4.89 Å². The van der Waals surface area contributed by atoms with Crippen molar-refractivity contribution in [3.63, 3.8) is 0 Å². The number of terminal acetylenes is 1. The van der Waals surface area contributed by atoms with Crippen molar-refractivity contribution in [1.29, 1.82) is 0 Å². The molecule has 0 saturated heterocycles. The molecule has 0 heterocycles.